The van der Waals surface area contributed by atoms with Crippen LogP contribution in [0.4, 0.5) is 0 Å². The van der Waals surface area contributed by atoms with Gasteiger partial charge in [0.05, 0.1) is 12.9 Å². The molecule has 0 radical (unpaired) electrons. The molecule has 6 heteroatoms. The molecule has 1 saturated heterocycles. The van der Waals surface area contributed by atoms with Crippen LogP contribution in [0.2, 0.25) is 0 Å². The first kappa shape index (κ1) is 19.0. The minimum Gasteiger partial charge on any atom is -0.497 e. The number of nitrogens with zero attached hydrogens (tertiary/aromatic N) is 1. The van der Waals surface area contributed by atoms with E-state index in [-0.39, 0.29) is 11.7 Å². The summed E-state index contributed by atoms with van der Waals surface area (Å²) in [7, 11) is -1.60. The van der Waals surface area contributed by atoms with Crippen LogP contribution in [0, 0.1) is 0 Å². The molecule has 1 aliphatic heterocycles. The summed E-state index contributed by atoms with van der Waals surface area (Å²) in [4.78, 5) is 3.47. The zero-order valence-corrected chi connectivity index (χ0v) is 16.9. The smallest absolute Gasteiger partial charge is 0.214 e. The van der Waals surface area contributed by atoms with Crippen LogP contribution in [0.5, 0.6) is 5.75 Å². The normalized spacial score (nSPS) is 18.4. The van der Waals surface area contributed by atoms with Gasteiger partial charge in [0.15, 0.2) is 0 Å². The maximum Gasteiger partial charge on any atom is 0.214 e. The molecule has 5 nitrogen and oxygen atoms in total. The molecule has 1 atom stereocenters. The van der Waals surface area contributed by atoms with Crippen molar-refractivity contribution in [3.63, 3.8) is 0 Å². The van der Waals surface area contributed by atoms with Gasteiger partial charge in [0.1, 0.15) is 5.75 Å². The fraction of sp³-hybridized carbons (Fsp3) is 0.364. The van der Waals surface area contributed by atoms with Gasteiger partial charge >= 0.3 is 0 Å². The zero-order chi connectivity index (χ0) is 19.6. The van der Waals surface area contributed by atoms with Gasteiger partial charge in [-0.1, -0.05) is 30.3 Å². The summed E-state index contributed by atoms with van der Waals surface area (Å²) in [5, 5.41) is 1.10. The minimum atomic E-state index is -3.26. The van der Waals surface area contributed by atoms with E-state index in [0.29, 0.717) is 19.5 Å². The van der Waals surface area contributed by atoms with Crippen molar-refractivity contribution in [2.75, 3.05) is 26.0 Å². The van der Waals surface area contributed by atoms with Crippen molar-refractivity contribution in [2.45, 2.75) is 25.2 Å². The number of hydrogen-bond donors (Lipinski definition) is 1. The van der Waals surface area contributed by atoms with Crippen LogP contribution in [0.25, 0.3) is 10.9 Å². The Bertz CT molecular complexity index is 1040. The quantitative estimate of drug-likeness (QED) is 0.684. The van der Waals surface area contributed by atoms with Gasteiger partial charge in [-0.25, -0.2) is 12.7 Å². The monoisotopic (exact) mass is 398 g/mol. The molecule has 1 aromatic heterocycles. The molecular weight excluding hydrogens is 372 g/mol. The number of piperidine rings is 1. The molecule has 2 heterocycles. The van der Waals surface area contributed by atoms with Crippen molar-refractivity contribution < 1.29 is 13.2 Å². The van der Waals surface area contributed by atoms with Crippen LogP contribution in [-0.4, -0.2) is 43.7 Å². The van der Waals surface area contributed by atoms with Crippen molar-refractivity contribution in [3.8, 4) is 5.75 Å². The second-order valence-corrected chi connectivity index (χ2v) is 9.52. The van der Waals surface area contributed by atoms with Gasteiger partial charge in [-0.2, -0.15) is 0 Å². The molecule has 3 aromatic rings. The maximum absolute atomic E-state index is 12.9. The predicted octanol–water partition coefficient (Wildman–Crippen LogP) is 3.93. The average molecular weight is 399 g/mol. The van der Waals surface area contributed by atoms with Crippen molar-refractivity contribution in [1.29, 1.82) is 0 Å². The Morgan fingerprint density at radius 3 is 2.75 bits per heavy atom. The number of nitrogens with one attached hydrogen (secondary N) is 1. The third-order valence-corrected chi connectivity index (χ3v) is 7.40. The molecule has 0 spiro atoms. The highest BCUT2D eigenvalue weighted by Gasteiger charge is 2.30. The molecule has 1 unspecified atom stereocenters. The standard InChI is InChI=1S/C22H26N2O3S/c1-27-20-9-10-21-19(14-20)15-22(23-21)18-8-5-12-24(16-18)28(25,26)13-11-17-6-3-2-4-7-17/h2-4,6-7,9-10,14-15,18,23H,5,8,11-13,16H2,1H3. The lowest BCUT2D eigenvalue weighted by atomic mass is 9.96. The van der Waals surface area contributed by atoms with E-state index in [1.807, 2.05) is 48.5 Å². The van der Waals surface area contributed by atoms with E-state index < -0.39 is 10.0 Å². The van der Waals surface area contributed by atoms with Crippen LogP contribution in [-0.2, 0) is 16.4 Å². The minimum absolute atomic E-state index is 0.160. The van der Waals surface area contributed by atoms with Crippen LogP contribution < -0.4 is 4.74 Å². The first-order chi connectivity index (χ1) is 13.5. The third kappa shape index (κ3) is 4.08. The van der Waals surface area contributed by atoms with E-state index in [2.05, 4.69) is 11.1 Å². The summed E-state index contributed by atoms with van der Waals surface area (Å²) in [6, 6.07) is 17.9. The lowest BCUT2D eigenvalue weighted by Crippen LogP contribution is -2.40. The Balaban J connectivity index is 1.47. The van der Waals surface area contributed by atoms with E-state index in [4.69, 9.17) is 4.74 Å². The number of methoxy groups -OCH3 is 1. The summed E-state index contributed by atoms with van der Waals surface area (Å²) in [5.41, 5.74) is 3.22. The fourth-order valence-electron chi connectivity index (χ4n) is 3.95. The van der Waals surface area contributed by atoms with Gasteiger partial charge in [0.2, 0.25) is 10.0 Å². The number of fused-ring (bicyclic) bond motifs is 1. The molecule has 28 heavy (non-hydrogen) atoms. The van der Waals surface area contributed by atoms with E-state index >= 15 is 0 Å². The Hall–Kier alpha value is -2.31. The molecule has 2 aromatic carbocycles. The zero-order valence-electron chi connectivity index (χ0n) is 16.1. The number of aromatic amines is 1. The summed E-state index contributed by atoms with van der Waals surface area (Å²) >= 11 is 0. The van der Waals surface area contributed by atoms with E-state index in [1.54, 1.807) is 11.4 Å². The van der Waals surface area contributed by atoms with Gasteiger partial charge in [0.25, 0.3) is 0 Å². The highest BCUT2D eigenvalue weighted by atomic mass is 32.2. The van der Waals surface area contributed by atoms with Gasteiger partial charge in [-0.15, -0.1) is 0 Å². The molecule has 148 valence electrons. The summed E-state index contributed by atoms with van der Waals surface area (Å²) in [6.07, 6.45) is 2.43. The Labute approximate surface area is 166 Å². The van der Waals surface area contributed by atoms with Crippen molar-refractivity contribution in [1.82, 2.24) is 9.29 Å². The summed E-state index contributed by atoms with van der Waals surface area (Å²) < 4.78 is 32.8. The predicted molar refractivity (Wildman–Crippen MR) is 112 cm³/mol. The topological polar surface area (TPSA) is 62.4 Å². The SMILES string of the molecule is COc1ccc2[nH]c(C3CCCN(S(=O)(=O)CCc4ccccc4)C3)cc2c1. The van der Waals surface area contributed by atoms with Gasteiger partial charge < -0.3 is 9.72 Å². The number of ether oxygens (including phenoxy) is 1. The first-order valence-electron chi connectivity index (χ1n) is 9.73. The second kappa shape index (κ2) is 7.97. The highest BCUT2D eigenvalue weighted by molar-refractivity contribution is 7.89. The molecule has 0 bridgehead atoms. The Morgan fingerprint density at radius 1 is 1.14 bits per heavy atom. The number of benzene rings is 2. The molecule has 0 amide bonds. The lowest BCUT2D eigenvalue weighted by molar-refractivity contribution is 0.313. The van der Waals surface area contributed by atoms with Gasteiger partial charge in [-0.3, -0.25) is 0 Å². The molecule has 1 fully saturated rings. The largest absolute Gasteiger partial charge is 0.497 e. The molecule has 0 aliphatic carbocycles. The van der Waals surface area contributed by atoms with Crippen LogP contribution in [0.1, 0.15) is 30.0 Å². The van der Waals surface area contributed by atoms with Crippen molar-refractivity contribution in [2.24, 2.45) is 0 Å². The number of aromatic nitrogens is 1. The third-order valence-electron chi connectivity index (χ3n) is 5.56. The van der Waals surface area contributed by atoms with E-state index in [0.717, 1.165) is 40.8 Å². The number of hydrogen-bond acceptors (Lipinski definition) is 3. The van der Waals surface area contributed by atoms with Crippen molar-refractivity contribution >= 4 is 20.9 Å². The van der Waals surface area contributed by atoms with Gasteiger partial charge in [0, 0.05) is 35.6 Å². The fourth-order valence-corrected chi connectivity index (χ4v) is 5.52. The molecule has 0 saturated carbocycles. The number of sulfonamides is 1. The Kier molecular flexibility index (Phi) is 5.42. The molecule has 1 N–H and O–H groups in total. The number of aryl methyl sites for hydroxylation is 1. The van der Waals surface area contributed by atoms with Crippen LogP contribution in [0.3, 0.4) is 0 Å². The van der Waals surface area contributed by atoms with Crippen molar-refractivity contribution in [3.05, 3.63) is 65.9 Å². The molecule has 1 aliphatic rings. The number of rotatable bonds is 6. The molecule has 4 rings (SSSR count). The van der Waals surface area contributed by atoms with Gasteiger partial charge in [-0.05, 0) is 49.1 Å². The lowest BCUT2D eigenvalue weighted by Gasteiger charge is -2.31. The van der Waals surface area contributed by atoms with E-state index in [9.17, 15) is 8.42 Å². The van der Waals surface area contributed by atoms with Crippen LogP contribution >= 0.6 is 0 Å². The second-order valence-electron chi connectivity index (χ2n) is 7.43. The average Bonchev–Trinajstić information content (AvgIpc) is 3.16. The summed E-state index contributed by atoms with van der Waals surface area (Å²) in [5.74, 6) is 1.18. The molecular formula is C22H26N2O3S. The maximum atomic E-state index is 12.9. The van der Waals surface area contributed by atoms with E-state index in [1.165, 1.54) is 0 Å². The van der Waals surface area contributed by atoms with Crippen LogP contribution in [0.15, 0.2) is 54.6 Å². The highest BCUT2D eigenvalue weighted by Crippen LogP contribution is 2.31. The Morgan fingerprint density at radius 2 is 1.96 bits per heavy atom. The summed E-state index contributed by atoms with van der Waals surface area (Å²) in [6.45, 7) is 1.16. The number of H-pyrrole nitrogens is 1. The first-order valence-corrected chi connectivity index (χ1v) is 11.3.